The van der Waals surface area contributed by atoms with Gasteiger partial charge in [0.2, 0.25) is 17.7 Å². The van der Waals surface area contributed by atoms with Gasteiger partial charge in [-0.3, -0.25) is 19.3 Å². The molecule has 1 saturated carbocycles. The van der Waals surface area contributed by atoms with Gasteiger partial charge in [-0.15, -0.1) is 11.8 Å². The number of amides is 3. The lowest BCUT2D eigenvalue weighted by Crippen LogP contribution is -2.45. The number of benzene rings is 1. The summed E-state index contributed by atoms with van der Waals surface area (Å²) in [6.07, 6.45) is 4.46. The summed E-state index contributed by atoms with van der Waals surface area (Å²) in [7, 11) is 0. The molecule has 2 fully saturated rings. The molecule has 0 aromatic heterocycles. The fraction of sp³-hybridized carbons (Fsp3) is 0.550. The van der Waals surface area contributed by atoms with E-state index in [0.717, 1.165) is 31.4 Å². The van der Waals surface area contributed by atoms with Gasteiger partial charge in [-0.05, 0) is 44.7 Å². The van der Waals surface area contributed by atoms with Gasteiger partial charge in [0.25, 0.3) is 0 Å². The fourth-order valence-electron chi connectivity index (χ4n) is 3.68. The van der Waals surface area contributed by atoms with E-state index in [1.54, 1.807) is 11.8 Å². The molecule has 1 aliphatic carbocycles. The average molecular weight is 375 g/mol. The number of hydrogen-bond donors (Lipinski definition) is 1. The molecule has 0 radical (unpaired) electrons. The summed E-state index contributed by atoms with van der Waals surface area (Å²) in [6, 6.07) is 8.52. The van der Waals surface area contributed by atoms with Crippen molar-refractivity contribution in [3.63, 3.8) is 0 Å². The molecule has 1 aromatic rings. The second-order valence-corrected chi connectivity index (χ2v) is 8.31. The highest BCUT2D eigenvalue weighted by Crippen LogP contribution is 2.27. The summed E-state index contributed by atoms with van der Waals surface area (Å²) in [5.74, 6) is 0.786. The first kappa shape index (κ1) is 19.0. The minimum Gasteiger partial charge on any atom is -0.353 e. The summed E-state index contributed by atoms with van der Waals surface area (Å²) < 4.78 is 0. The van der Waals surface area contributed by atoms with E-state index in [1.165, 1.54) is 15.4 Å². The van der Waals surface area contributed by atoms with Gasteiger partial charge in [0, 0.05) is 42.0 Å². The van der Waals surface area contributed by atoms with Gasteiger partial charge < -0.3 is 5.32 Å². The van der Waals surface area contributed by atoms with Gasteiger partial charge in [0.1, 0.15) is 0 Å². The summed E-state index contributed by atoms with van der Waals surface area (Å²) in [5.41, 5.74) is 1.24. The first-order valence-corrected chi connectivity index (χ1v) is 10.3. The van der Waals surface area contributed by atoms with Crippen molar-refractivity contribution in [2.24, 2.45) is 0 Å². The highest BCUT2D eigenvalue weighted by atomic mass is 32.2. The van der Waals surface area contributed by atoms with Crippen LogP contribution in [0.5, 0.6) is 0 Å². The summed E-state index contributed by atoms with van der Waals surface area (Å²) in [4.78, 5) is 38.5. The lowest BCUT2D eigenvalue weighted by Gasteiger charge is -2.33. The number of thioether (sulfide) groups is 1. The zero-order valence-corrected chi connectivity index (χ0v) is 16.0. The highest BCUT2D eigenvalue weighted by molar-refractivity contribution is 7.99. The fourth-order valence-corrected chi connectivity index (χ4v) is 4.53. The molecule has 0 spiro atoms. The number of aryl methyl sites for hydroxylation is 1. The third kappa shape index (κ3) is 4.87. The number of rotatable bonds is 6. The van der Waals surface area contributed by atoms with Crippen molar-refractivity contribution in [1.29, 1.82) is 0 Å². The third-order valence-electron chi connectivity index (χ3n) is 5.14. The summed E-state index contributed by atoms with van der Waals surface area (Å²) >= 11 is 1.69. The van der Waals surface area contributed by atoms with Crippen molar-refractivity contribution < 1.29 is 14.4 Å². The zero-order valence-electron chi connectivity index (χ0n) is 15.2. The van der Waals surface area contributed by atoms with Crippen molar-refractivity contribution >= 4 is 29.5 Å². The Morgan fingerprint density at radius 2 is 1.69 bits per heavy atom. The standard InChI is InChI=1S/C20H26N2O3S/c1-14-2-8-17(9-3-14)26-13-12-18(23)21-15-4-6-16(7-5-15)22-19(24)10-11-20(22)25/h2-3,8-9,15-16H,4-7,10-13H2,1H3,(H,21,23). The topological polar surface area (TPSA) is 66.5 Å². The van der Waals surface area contributed by atoms with E-state index in [0.29, 0.717) is 19.3 Å². The molecule has 26 heavy (non-hydrogen) atoms. The van der Waals surface area contributed by atoms with Crippen LogP contribution >= 0.6 is 11.8 Å². The van der Waals surface area contributed by atoms with E-state index >= 15 is 0 Å². The quantitative estimate of drug-likeness (QED) is 0.614. The Kier molecular flexibility index (Phi) is 6.35. The molecule has 140 valence electrons. The van der Waals surface area contributed by atoms with Crippen LogP contribution < -0.4 is 5.32 Å². The predicted molar refractivity (Wildman–Crippen MR) is 102 cm³/mol. The molecule has 1 N–H and O–H groups in total. The number of imide groups is 1. The molecule has 5 nitrogen and oxygen atoms in total. The number of nitrogens with zero attached hydrogens (tertiary/aromatic N) is 1. The van der Waals surface area contributed by atoms with E-state index < -0.39 is 0 Å². The maximum absolute atomic E-state index is 12.2. The average Bonchev–Trinajstić information content (AvgIpc) is 2.96. The first-order valence-electron chi connectivity index (χ1n) is 9.36. The van der Waals surface area contributed by atoms with Crippen LogP contribution in [0.4, 0.5) is 0 Å². The van der Waals surface area contributed by atoms with Crippen LogP contribution in [0.3, 0.4) is 0 Å². The largest absolute Gasteiger partial charge is 0.353 e. The van der Waals surface area contributed by atoms with Crippen LogP contribution in [0.15, 0.2) is 29.2 Å². The van der Waals surface area contributed by atoms with Gasteiger partial charge in [0.05, 0.1) is 0 Å². The summed E-state index contributed by atoms with van der Waals surface area (Å²) in [5, 5.41) is 3.11. The van der Waals surface area contributed by atoms with Crippen molar-refractivity contribution in [1.82, 2.24) is 10.2 Å². The summed E-state index contributed by atoms with van der Waals surface area (Å²) in [6.45, 7) is 2.06. The Hall–Kier alpha value is -1.82. The second-order valence-electron chi connectivity index (χ2n) is 7.14. The monoisotopic (exact) mass is 374 g/mol. The van der Waals surface area contributed by atoms with E-state index in [2.05, 4.69) is 36.5 Å². The van der Waals surface area contributed by atoms with E-state index in [1.807, 2.05) is 0 Å². The Bertz CT molecular complexity index is 650. The van der Waals surface area contributed by atoms with Gasteiger partial charge in [0.15, 0.2) is 0 Å². The minimum absolute atomic E-state index is 0.0303. The SMILES string of the molecule is Cc1ccc(SCCC(=O)NC2CCC(N3C(=O)CCC3=O)CC2)cc1. The van der Waals surface area contributed by atoms with Gasteiger partial charge in [-0.25, -0.2) is 0 Å². The molecule has 3 rings (SSSR count). The zero-order chi connectivity index (χ0) is 18.5. The first-order chi connectivity index (χ1) is 12.5. The smallest absolute Gasteiger partial charge is 0.229 e. The van der Waals surface area contributed by atoms with Crippen LogP contribution in [-0.4, -0.2) is 40.5 Å². The molecule has 2 aliphatic rings. The van der Waals surface area contributed by atoms with Gasteiger partial charge >= 0.3 is 0 Å². The van der Waals surface area contributed by atoms with Crippen LogP contribution in [0.2, 0.25) is 0 Å². The molecule has 3 amide bonds. The van der Waals surface area contributed by atoms with Crippen LogP contribution in [0.25, 0.3) is 0 Å². The van der Waals surface area contributed by atoms with Crippen molar-refractivity contribution in [2.75, 3.05) is 5.75 Å². The van der Waals surface area contributed by atoms with Crippen molar-refractivity contribution in [3.8, 4) is 0 Å². The maximum atomic E-state index is 12.2. The Morgan fingerprint density at radius 1 is 1.08 bits per heavy atom. The third-order valence-corrected chi connectivity index (χ3v) is 6.15. The maximum Gasteiger partial charge on any atom is 0.229 e. The van der Waals surface area contributed by atoms with Crippen molar-refractivity contribution in [3.05, 3.63) is 29.8 Å². The molecular formula is C20H26N2O3S. The van der Waals surface area contributed by atoms with E-state index in [-0.39, 0.29) is 29.8 Å². The number of hydrogen-bond acceptors (Lipinski definition) is 4. The number of carbonyl (C=O) groups excluding carboxylic acids is 3. The molecule has 6 heteroatoms. The Balaban J connectivity index is 1.36. The lowest BCUT2D eigenvalue weighted by atomic mass is 9.90. The Morgan fingerprint density at radius 3 is 2.31 bits per heavy atom. The number of carbonyl (C=O) groups is 3. The van der Waals surface area contributed by atoms with Crippen LogP contribution in [0, 0.1) is 6.92 Å². The highest BCUT2D eigenvalue weighted by Gasteiger charge is 2.36. The molecule has 1 heterocycles. The molecular weight excluding hydrogens is 348 g/mol. The van der Waals surface area contributed by atoms with E-state index in [9.17, 15) is 14.4 Å². The lowest BCUT2D eigenvalue weighted by molar-refractivity contribution is -0.142. The molecule has 1 aliphatic heterocycles. The molecule has 1 saturated heterocycles. The predicted octanol–water partition coefficient (Wildman–Crippen LogP) is 3.05. The minimum atomic E-state index is -0.0318. The number of likely N-dealkylation sites (tertiary alicyclic amines) is 1. The normalized spacial score (nSPS) is 23.3. The van der Waals surface area contributed by atoms with Crippen molar-refractivity contribution in [2.45, 2.75) is 68.8 Å². The van der Waals surface area contributed by atoms with Gasteiger partial charge in [-0.2, -0.15) is 0 Å². The number of nitrogens with one attached hydrogen (secondary N) is 1. The van der Waals surface area contributed by atoms with Crippen LogP contribution in [-0.2, 0) is 14.4 Å². The molecule has 0 atom stereocenters. The molecule has 0 bridgehead atoms. The van der Waals surface area contributed by atoms with Crippen LogP contribution in [0.1, 0.15) is 50.5 Å². The van der Waals surface area contributed by atoms with E-state index in [4.69, 9.17) is 0 Å². The van der Waals surface area contributed by atoms with Gasteiger partial charge in [-0.1, -0.05) is 17.7 Å². The molecule has 0 unspecified atom stereocenters. The molecule has 1 aromatic carbocycles. The Labute approximate surface area is 158 Å². The second kappa shape index (κ2) is 8.71.